The molecule has 0 unspecified atom stereocenters. The second kappa shape index (κ2) is 8.10. The molecule has 0 aliphatic rings. The van der Waals surface area contributed by atoms with Crippen molar-refractivity contribution in [3.63, 3.8) is 0 Å². The average Bonchev–Trinajstić information content (AvgIpc) is 2.81. The van der Waals surface area contributed by atoms with Crippen molar-refractivity contribution < 1.29 is 8.42 Å². The zero-order chi connectivity index (χ0) is 17.7. The van der Waals surface area contributed by atoms with Gasteiger partial charge in [-0.1, -0.05) is 0 Å². The van der Waals surface area contributed by atoms with E-state index in [9.17, 15) is 8.42 Å². The summed E-state index contributed by atoms with van der Waals surface area (Å²) in [4.78, 5) is 10.8. The number of thiazole rings is 1. The number of aliphatic imine (C=N–C) groups is 1. The van der Waals surface area contributed by atoms with Crippen LogP contribution in [0.15, 0.2) is 10.4 Å². The van der Waals surface area contributed by atoms with Crippen molar-refractivity contribution in [3.8, 4) is 0 Å². The molecule has 1 heterocycles. The molecule has 0 saturated carbocycles. The van der Waals surface area contributed by atoms with Gasteiger partial charge in [-0.3, -0.25) is 4.99 Å². The second-order valence-corrected chi connectivity index (χ2v) is 10.3. The monoisotopic (exact) mass is 360 g/mol. The van der Waals surface area contributed by atoms with Crippen molar-refractivity contribution >= 4 is 27.1 Å². The Balaban J connectivity index is 2.73. The quantitative estimate of drug-likeness (QED) is 0.621. The summed E-state index contributed by atoms with van der Waals surface area (Å²) in [6.45, 7) is 10.7. The van der Waals surface area contributed by atoms with E-state index in [1.807, 2.05) is 31.2 Å². The molecule has 0 spiro atoms. The highest BCUT2D eigenvalue weighted by molar-refractivity contribution is 7.92. The number of aryl methyl sites for hydroxylation is 1. The average molecular weight is 361 g/mol. The number of nitrogens with one attached hydrogen (secondary N) is 1. The molecule has 1 aromatic rings. The van der Waals surface area contributed by atoms with Crippen LogP contribution in [-0.2, 0) is 16.4 Å². The van der Waals surface area contributed by atoms with E-state index >= 15 is 0 Å². The van der Waals surface area contributed by atoms with Crippen molar-refractivity contribution in [2.45, 2.75) is 45.9 Å². The molecule has 0 aliphatic carbocycles. The van der Waals surface area contributed by atoms with Crippen LogP contribution in [0.5, 0.6) is 0 Å². The van der Waals surface area contributed by atoms with Gasteiger partial charge in [0.1, 0.15) is 0 Å². The van der Waals surface area contributed by atoms with E-state index in [1.54, 1.807) is 32.1 Å². The topological polar surface area (TPSA) is 74.7 Å². The van der Waals surface area contributed by atoms with Crippen molar-refractivity contribution in [3.05, 3.63) is 16.1 Å². The zero-order valence-corrected chi connectivity index (χ0v) is 16.5. The van der Waals surface area contributed by atoms with E-state index in [4.69, 9.17) is 0 Å². The van der Waals surface area contributed by atoms with E-state index < -0.39 is 14.6 Å². The lowest BCUT2D eigenvalue weighted by Gasteiger charge is -2.22. The number of sulfone groups is 1. The van der Waals surface area contributed by atoms with Crippen molar-refractivity contribution in [1.29, 1.82) is 0 Å². The van der Waals surface area contributed by atoms with Crippen LogP contribution in [0.2, 0.25) is 0 Å². The molecule has 132 valence electrons. The smallest absolute Gasteiger partial charge is 0.194 e. The van der Waals surface area contributed by atoms with Crippen LogP contribution < -0.4 is 5.32 Å². The molecule has 6 nitrogen and oxygen atoms in total. The minimum absolute atomic E-state index is 0.0506. The molecule has 0 amide bonds. The Bertz CT molecular complexity index is 630. The molecular weight excluding hydrogens is 332 g/mol. The number of aromatic nitrogens is 1. The molecule has 23 heavy (non-hydrogen) atoms. The highest BCUT2D eigenvalue weighted by Gasteiger charge is 2.28. The van der Waals surface area contributed by atoms with Gasteiger partial charge < -0.3 is 10.2 Å². The van der Waals surface area contributed by atoms with Gasteiger partial charge >= 0.3 is 0 Å². The fourth-order valence-electron chi connectivity index (χ4n) is 1.85. The summed E-state index contributed by atoms with van der Waals surface area (Å²) in [7, 11) is -1.23. The molecule has 0 bridgehead atoms. The Morgan fingerprint density at radius 3 is 2.57 bits per heavy atom. The molecule has 8 heteroatoms. The van der Waals surface area contributed by atoms with Gasteiger partial charge in [-0.2, -0.15) is 0 Å². The SMILES string of the molecule is CCNC(=NCCS(=O)(=O)C(C)(C)C)N(C)Cc1csc(C)n1. The number of guanidine groups is 1. The molecule has 1 rings (SSSR count). The molecule has 0 radical (unpaired) electrons. The summed E-state index contributed by atoms with van der Waals surface area (Å²) in [6.07, 6.45) is 0. The Morgan fingerprint density at radius 1 is 1.43 bits per heavy atom. The summed E-state index contributed by atoms with van der Waals surface area (Å²) in [5.74, 6) is 0.747. The molecule has 0 fully saturated rings. The van der Waals surface area contributed by atoms with Crippen LogP contribution in [0, 0.1) is 6.92 Å². The molecule has 1 aromatic heterocycles. The van der Waals surface area contributed by atoms with Crippen LogP contribution in [0.3, 0.4) is 0 Å². The van der Waals surface area contributed by atoms with Gasteiger partial charge in [-0.25, -0.2) is 13.4 Å². The maximum Gasteiger partial charge on any atom is 0.194 e. The first kappa shape index (κ1) is 19.9. The van der Waals surface area contributed by atoms with Gasteiger partial charge in [0.2, 0.25) is 0 Å². The first-order chi connectivity index (χ1) is 10.6. The second-order valence-electron chi connectivity index (χ2n) is 6.38. The minimum atomic E-state index is -3.15. The molecule has 0 aliphatic heterocycles. The third kappa shape index (κ3) is 6.10. The standard InChI is InChI=1S/C15H28N4O2S2/c1-7-16-14(17-8-9-23(20,21)15(3,4)5)19(6)10-13-11-22-12(2)18-13/h11H,7-10H2,1-6H3,(H,16,17). The molecular formula is C15H28N4O2S2. The predicted octanol–water partition coefficient (Wildman–Crippen LogP) is 2.06. The lowest BCUT2D eigenvalue weighted by atomic mass is 10.3. The molecule has 1 N–H and O–H groups in total. The van der Waals surface area contributed by atoms with Crippen LogP contribution in [0.4, 0.5) is 0 Å². The third-order valence-electron chi connectivity index (χ3n) is 3.32. The van der Waals surface area contributed by atoms with Gasteiger partial charge in [0.05, 0.1) is 34.3 Å². The third-order valence-corrected chi connectivity index (χ3v) is 6.73. The Morgan fingerprint density at radius 2 is 2.09 bits per heavy atom. The fraction of sp³-hybridized carbons (Fsp3) is 0.733. The highest BCUT2D eigenvalue weighted by atomic mass is 32.2. The summed E-state index contributed by atoms with van der Waals surface area (Å²) < 4.78 is 23.5. The van der Waals surface area contributed by atoms with E-state index in [0.29, 0.717) is 12.5 Å². The fourth-order valence-corrected chi connectivity index (χ4v) is 3.39. The largest absolute Gasteiger partial charge is 0.357 e. The van der Waals surface area contributed by atoms with Gasteiger partial charge in [-0.05, 0) is 34.6 Å². The van der Waals surface area contributed by atoms with Crippen LogP contribution >= 0.6 is 11.3 Å². The van der Waals surface area contributed by atoms with Crippen LogP contribution in [-0.4, -0.2) is 54.9 Å². The Hall–Kier alpha value is -1.15. The van der Waals surface area contributed by atoms with E-state index in [2.05, 4.69) is 15.3 Å². The van der Waals surface area contributed by atoms with Crippen molar-refractivity contribution in [2.75, 3.05) is 25.9 Å². The number of hydrogen-bond donors (Lipinski definition) is 1. The highest BCUT2D eigenvalue weighted by Crippen LogP contribution is 2.15. The zero-order valence-electron chi connectivity index (χ0n) is 14.9. The van der Waals surface area contributed by atoms with Gasteiger partial charge in [0, 0.05) is 19.0 Å². The summed E-state index contributed by atoms with van der Waals surface area (Å²) >= 11 is 1.62. The van der Waals surface area contributed by atoms with Crippen molar-refractivity contribution in [1.82, 2.24) is 15.2 Å². The maximum absolute atomic E-state index is 12.1. The first-order valence-electron chi connectivity index (χ1n) is 7.69. The lowest BCUT2D eigenvalue weighted by molar-refractivity contribution is 0.471. The van der Waals surface area contributed by atoms with Gasteiger partial charge in [0.15, 0.2) is 15.8 Å². The van der Waals surface area contributed by atoms with Crippen molar-refractivity contribution in [2.24, 2.45) is 4.99 Å². The maximum atomic E-state index is 12.1. The lowest BCUT2D eigenvalue weighted by Crippen LogP contribution is -2.39. The number of rotatable bonds is 6. The Labute approximate surface area is 144 Å². The number of hydrogen-bond acceptors (Lipinski definition) is 5. The first-order valence-corrected chi connectivity index (χ1v) is 10.2. The van der Waals surface area contributed by atoms with Crippen LogP contribution in [0.1, 0.15) is 38.4 Å². The Kier molecular flexibility index (Phi) is 7.01. The summed E-state index contributed by atoms with van der Waals surface area (Å²) in [6, 6.07) is 0. The number of nitrogens with zero attached hydrogens (tertiary/aromatic N) is 3. The summed E-state index contributed by atoms with van der Waals surface area (Å²) in [5, 5.41) is 6.25. The molecule has 0 atom stereocenters. The minimum Gasteiger partial charge on any atom is -0.357 e. The van der Waals surface area contributed by atoms with Gasteiger partial charge in [-0.15, -0.1) is 11.3 Å². The normalized spacial score (nSPS) is 13.2. The van der Waals surface area contributed by atoms with E-state index in [1.165, 1.54) is 0 Å². The van der Waals surface area contributed by atoms with Gasteiger partial charge in [0.25, 0.3) is 0 Å². The molecule has 0 saturated heterocycles. The molecule has 0 aromatic carbocycles. The van der Waals surface area contributed by atoms with Crippen LogP contribution in [0.25, 0.3) is 0 Å². The van der Waals surface area contributed by atoms with E-state index in [0.717, 1.165) is 17.2 Å². The predicted molar refractivity (Wildman–Crippen MR) is 97.8 cm³/mol. The van der Waals surface area contributed by atoms with E-state index in [-0.39, 0.29) is 12.3 Å². The summed E-state index contributed by atoms with van der Waals surface area (Å²) in [5.41, 5.74) is 0.989.